The van der Waals surface area contributed by atoms with Crippen molar-refractivity contribution in [1.29, 1.82) is 0 Å². The maximum Gasteiger partial charge on any atom is 0.492 e. The molecular weight excluding hydrogens is 167 g/mol. The fourth-order valence-electron chi connectivity index (χ4n) is 0.455. The predicted octanol–water partition coefficient (Wildman–Crippen LogP) is 1.39. The summed E-state index contributed by atoms with van der Waals surface area (Å²) < 4.78 is 34.7. The minimum absolute atomic E-state index is 0.266. The highest BCUT2D eigenvalue weighted by Crippen LogP contribution is 2.19. The topological polar surface area (TPSA) is 22.0 Å². The van der Waals surface area contributed by atoms with Crippen molar-refractivity contribution in [3.8, 4) is 0 Å². The van der Waals surface area contributed by atoms with Gasteiger partial charge in [0.25, 0.3) is 0 Å². The van der Waals surface area contributed by atoms with Gasteiger partial charge in [-0.3, -0.25) is 4.79 Å². The second-order valence-electron chi connectivity index (χ2n) is 1.51. The van der Waals surface area contributed by atoms with Crippen molar-refractivity contribution in [2.45, 2.75) is 6.30 Å². The number of hydrogen-bond acceptors (Lipinski definition) is 2. The number of halogens is 3. The van der Waals surface area contributed by atoms with Gasteiger partial charge in [0.2, 0.25) is 0 Å². The molecule has 0 aromatic carbocycles. The lowest BCUT2D eigenvalue weighted by Gasteiger charge is -2.03. The molecule has 2 nitrogen and oxygen atoms in total. The summed E-state index contributed by atoms with van der Waals surface area (Å²) in [6.07, 6.45) is -3.87. The average molecular weight is 169 g/mol. The Bertz CT molecular complexity index is 273. The van der Waals surface area contributed by atoms with Crippen molar-refractivity contribution >= 4 is 11.3 Å². The standard InChI is InChI=1S/C4H2F3NOS/c5-4(6,7)8-1-2-10-3(8)9/h1-2H. The monoisotopic (exact) mass is 169 g/mol. The molecule has 1 rings (SSSR count). The fraction of sp³-hybridized carbons (Fsp3) is 0.250. The quantitative estimate of drug-likeness (QED) is 0.575. The Balaban J connectivity index is 3.18. The van der Waals surface area contributed by atoms with Gasteiger partial charge in [0.15, 0.2) is 0 Å². The second kappa shape index (κ2) is 2.12. The van der Waals surface area contributed by atoms with Crippen molar-refractivity contribution in [3.05, 3.63) is 21.2 Å². The summed E-state index contributed by atoms with van der Waals surface area (Å²) in [6, 6.07) is 0. The van der Waals surface area contributed by atoms with Gasteiger partial charge >= 0.3 is 11.2 Å². The summed E-state index contributed by atoms with van der Waals surface area (Å²) in [4.78, 5) is 9.32. The smallest absolute Gasteiger partial charge is 0.256 e. The molecule has 10 heavy (non-hydrogen) atoms. The zero-order chi connectivity index (χ0) is 7.78. The Hall–Kier alpha value is -0.780. The highest BCUT2D eigenvalue weighted by Gasteiger charge is 2.31. The van der Waals surface area contributed by atoms with Crippen molar-refractivity contribution in [2.24, 2.45) is 0 Å². The first-order chi connectivity index (χ1) is 4.52. The van der Waals surface area contributed by atoms with Crippen LogP contribution in [0.25, 0.3) is 0 Å². The first-order valence-corrected chi connectivity index (χ1v) is 3.13. The van der Waals surface area contributed by atoms with E-state index in [-0.39, 0.29) is 4.57 Å². The van der Waals surface area contributed by atoms with Crippen LogP contribution in [0.5, 0.6) is 0 Å². The average Bonchev–Trinajstić information content (AvgIpc) is 2.11. The van der Waals surface area contributed by atoms with Crippen LogP contribution in [0.2, 0.25) is 0 Å². The molecule has 0 aliphatic carbocycles. The van der Waals surface area contributed by atoms with Crippen molar-refractivity contribution in [2.75, 3.05) is 0 Å². The van der Waals surface area contributed by atoms with Crippen LogP contribution < -0.4 is 4.87 Å². The Labute approximate surface area is 57.5 Å². The number of alkyl halides is 3. The number of thiazole rings is 1. The molecule has 0 saturated carbocycles. The van der Waals surface area contributed by atoms with Crippen LogP contribution in [0.15, 0.2) is 16.4 Å². The van der Waals surface area contributed by atoms with Gasteiger partial charge < -0.3 is 0 Å². The molecule has 1 aromatic heterocycles. The van der Waals surface area contributed by atoms with Gasteiger partial charge in [-0.15, -0.1) is 13.2 Å². The van der Waals surface area contributed by atoms with Gasteiger partial charge in [0, 0.05) is 11.6 Å². The Morgan fingerprint density at radius 3 is 2.30 bits per heavy atom. The minimum Gasteiger partial charge on any atom is -0.256 e. The molecule has 0 spiro atoms. The maximum atomic E-state index is 11.7. The van der Waals surface area contributed by atoms with E-state index in [1.165, 1.54) is 0 Å². The fourth-order valence-corrected chi connectivity index (χ4v) is 1.03. The van der Waals surface area contributed by atoms with Crippen LogP contribution in [0.1, 0.15) is 0 Å². The molecule has 0 aliphatic rings. The molecular formula is C4H2F3NOS. The molecule has 1 heterocycles. The lowest BCUT2D eigenvalue weighted by Crippen LogP contribution is -2.25. The van der Waals surface area contributed by atoms with Gasteiger partial charge in [-0.1, -0.05) is 11.3 Å². The molecule has 0 saturated heterocycles. The van der Waals surface area contributed by atoms with Crippen LogP contribution >= 0.6 is 11.3 Å². The van der Waals surface area contributed by atoms with Crippen LogP contribution in [0.4, 0.5) is 13.2 Å². The van der Waals surface area contributed by atoms with E-state index in [1.54, 1.807) is 0 Å². The highest BCUT2D eigenvalue weighted by atomic mass is 32.1. The van der Waals surface area contributed by atoms with E-state index in [1.807, 2.05) is 0 Å². The lowest BCUT2D eigenvalue weighted by atomic mass is 10.9. The number of rotatable bonds is 0. The van der Waals surface area contributed by atoms with Crippen molar-refractivity contribution < 1.29 is 13.2 Å². The zero-order valence-electron chi connectivity index (χ0n) is 4.55. The van der Waals surface area contributed by atoms with Crippen molar-refractivity contribution in [1.82, 2.24) is 4.57 Å². The first-order valence-electron chi connectivity index (χ1n) is 2.25. The Morgan fingerprint density at radius 1 is 1.50 bits per heavy atom. The lowest BCUT2D eigenvalue weighted by molar-refractivity contribution is -0.205. The molecule has 0 amide bonds. The predicted molar refractivity (Wildman–Crippen MR) is 29.9 cm³/mol. The largest absolute Gasteiger partial charge is 0.492 e. The van der Waals surface area contributed by atoms with Gasteiger partial charge in [0.1, 0.15) is 0 Å². The minimum atomic E-state index is -4.57. The molecule has 0 aliphatic heterocycles. The number of aromatic nitrogens is 1. The Kier molecular flexibility index (Phi) is 1.55. The molecule has 56 valence electrons. The number of hydrogen-bond donors (Lipinski definition) is 0. The first kappa shape index (κ1) is 7.33. The molecule has 6 heteroatoms. The highest BCUT2D eigenvalue weighted by molar-refractivity contribution is 7.07. The summed E-state index contributed by atoms with van der Waals surface area (Å²) in [5.74, 6) is 0. The summed E-state index contributed by atoms with van der Waals surface area (Å²) in [5.41, 5.74) is 0. The molecule has 0 N–H and O–H groups in total. The van der Waals surface area contributed by atoms with Crippen LogP contribution in [0.3, 0.4) is 0 Å². The molecule has 0 bridgehead atoms. The van der Waals surface area contributed by atoms with E-state index in [0.717, 1.165) is 5.38 Å². The SMILES string of the molecule is O=c1sccn1C(F)(F)F. The molecule has 0 atom stereocenters. The van der Waals surface area contributed by atoms with E-state index < -0.39 is 11.2 Å². The summed E-state index contributed by atoms with van der Waals surface area (Å²) >= 11 is 0.519. The van der Waals surface area contributed by atoms with Gasteiger partial charge in [-0.2, -0.15) is 0 Å². The van der Waals surface area contributed by atoms with Crippen LogP contribution in [-0.2, 0) is 6.30 Å². The molecule has 1 aromatic rings. The maximum absolute atomic E-state index is 11.7. The molecule has 0 unspecified atom stereocenters. The van der Waals surface area contributed by atoms with E-state index in [0.29, 0.717) is 17.5 Å². The third-order valence-electron chi connectivity index (χ3n) is 0.849. The normalized spacial score (nSPS) is 11.9. The summed E-state index contributed by atoms with van der Waals surface area (Å²) in [7, 11) is 0. The van der Waals surface area contributed by atoms with E-state index >= 15 is 0 Å². The van der Waals surface area contributed by atoms with Crippen molar-refractivity contribution in [3.63, 3.8) is 0 Å². The Morgan fingerprint density at radius 2 is 2.10 bits per heavy atom. The number of nitrogens with zero attached hydrogens (tertiary/aromatic N) is 1. The van der Waals surface area contributed by atoms with Crippen LogP contribution in [0, 0.1) is 0 Å². The molecule has 0 radical (unpaired) electrons. The summed E-state index contributed by atoms with van der Waals surface area (Å²) in [6.45, 7) is 0. The zero-order valence-corrected chi connectivity index (χ0v) is 5.37. The van der Waals surface area contributed by atoms with Gasteiger partial charge in [0.05, 0.1) is 0 Å². The molecule has 0 fully saturated rings. The van der Waals surface area contributed by atoms with Gasteiger partial charge in [-0.05, 0) is 0 Å². The van der Waals surface area contributed by atoms with E-state index in [4.69, 9.17) is 0 Å². The van der Waals surface area contributed by atoms with Gasteiger partial charge in [-0.25, -0.2) is 4.57 Å². The summed E-state index contributed by atoms with van der Waals surface area (Å²) in [5, 5.41) is 1.09. The van der Waals surface area contributed by atoms with E-state index in [2.05, 4.69) is 0 Å². The third-order valence-corrected chi connectivity index (χ3v) is 1.50. The third kappa shape index (κ3) is 1.21. The van der Waals surface area contributed by atoms with E-state index in [9.17, 15) is 18.0 Å². The van der Waals surface area contributed by atoms with Crippen LogP contribution in [-0.4, -0.2) is 4.57 Å². The second-order valence-corrected chi connectivity index (χ2v) is 2.36.